The normalized spacial score (nSPS) is 18.5. The molecule has 0 aromatic heterocycles. The highest BCUT2D eigenvalue weighted by molar-refractivity contribution is 5.76. The summed E-state index contributed by atoms with van der Waals surface area (Å²) in [6.07, 6.45) is 70.6. The molecular weight excluding hydrogens is 983 g/mol. The summed E-state index contributed by atoms with van der Waals surface area (Å²) >= 11 is 0. The third-order valence-electron chi connectivity index (χ3n) is 17.4. The van der Waals surface area contributed by atoms with Gasteiger partial charge in [-0.15, -0.1) is 0 Å². The molecule has 0 bridgehead atoms. The number of nitrogens with one attached hydrogen (secondary N) is 1. The van der Waals surface area contributed by atoms with Crippen LogP contribution in [0.1, 0.15) is 373 Å². The standard InChI is InChI=1S/C70H137NO8/c1-3-5-7-9-11-13-15-17-19-21-22-23-24-25-26-27-28-29-30-31-32-33-34-35-36-37-38-39-40-41-42-44-46-48-50-52-54-56-58-60-66(74)71-63(62-78-70-69(77)68(76)67(75)65(61-72)79-70)64(73)59-57-55-53-51-49-47-45-43-20-18-16-14-12-10-8-6-4-2/h57,59,63-65,67-70,72-73,75-77H,3-56,58,60-62H2,1-2H3,(H,71,74)/b59-57+. The van der Waals surface area contributed by atoms with Crippen molar-refractivity contribution >= 4 is 5.91 Å². The van der Waals surface area contributed by atoms with E-state index < -0.39 is 49.5 Å². The van der Waals surface area contributed by atoms with E-state index in [1.54, 1.807) is 6.08 Å². The minimum absolute atomic E-state index is 0.168. The highest BCUT2D eigenvalue weighted by atomic mass is 16.7. The molecule has 1 amide bonds. The second-order valence-electron chi connectivity index (χ2n) is 25.0. The molecule has 7 atom stereocenters. The molecule has 1 aliphatic rings. The lowest BCUT2D eigenvalue weighted by atomic mass is 9.99. The van der Waals surface area contributed by atoms with E-state index >= 15 is 0 Å². The third-order valence-corrected chi connectivity index (χ3v) is 17.4. The van der Waals surface area contributed by atoms with Gasteiger partial charge in [-0.1, -0.05) is 360 Å². The third kappa shape index (κ3) is 49.0. The average Bonchev–Trinajstić information content (AvgIpc) is 3.47. The van der Waals surface area contributed by atoms with Gasteiger partial charge in [-0.3, -0.25) is 4.79 Å². The number of hydrogen-bond acceptors (Lipinski definition) is 8. The molecule has 1 rings (SSSR count). The Morgan fingerprint density at radius 1 is 0.418 bits per heavy atom. The molecule has 0 saturated carbocycles. The number of allylic oxidation sites excluding steroid dienone is 1. The number of hydrogen-bond donors (Lipinski definition) is 6. The van der Waals surface area contributed by atoms with Crippen LogP contribution in [0.5, 0.6) is 0 Å². The van der Waals surface area contributed by atoms with E-state index in [0.29, 0.717) is 6.42 Å². The first kappa shape index (κ1) is 75.9. The van der Waals surface area contributed by atoms with Gasteiger partial charge < -0.3 is 40.3 Å². The van der Waals surface area contributed by atoms with Gasteiger partial charge >= 0.3 is 0 Å². The molecule has 9 heteroatoms. The molecule has 6 N–H and O–H groups in total. The van der Waals surface area contributed by atoms with Gasteiger partial charge in [-0.25, -0.2) is 0 Å². The lowest BCUT2D eigenvalue weighted by Crippen LogP contribution is -2.60. The maximum atomic E-state index is 13.1. The Labute approximate surface area is 490 Å². The minimum Gasteiger partial charge on any atom is -0.394 e. The fourth-order valence-electron chi connectivity index (χ4n) is 11.8. The number of rotatable bonds is 63. The molecule has 1 heterocycles. The van der Waals surface area contributed by atoms with Crippen molar-refractivity contribution in [1.29, 1.82) is 0 Å². The van der Waals surface area contributed by atoms with E-state index in [0.717, 1.165) is 38.5 Å². The first-order valence-corrected chi connectivity index (χ1v) is 35.4. The lowest BCUT2D eigenvalue weighted by Gasteiger charge is -2.40. The smallest absolute Gasteiger partial charge is 0.220 e. The molecule has 0 spiro atoms. The van der Waals surface area contributed by atoms with Crippen molar-refractivity contribution in [2.45, 2.75) is 416 Å². The number of aliphatic hydroxyl groups excluding tert-OH is 5. The zero-order chi connectivity index (χ0) is 57.2. The first-order valence-electron chi connectivity index (χ1n) is 35.4. The molecule has 0 aliphatic carbocycles. The maximum absolute atomic E-state index is 13.1. The molecule has 79 heavy (non-hydrogen) atoms. The zero-order valence-electron chi connectivity index (χ0n) is 52.7. The van der Waals surface area contributed by atoms with Gasteiger partial charge in [0, 0.05) is 6.42 Å². The molecule has 0 radical (unpaired) electrons. The van der Waals surface area contributed by atoms with Gasteiger partial charge in [0.15, 0.2) is 6.29 Å². The zero-order valence-corrected chi connectivity index (χ0v) is 52.7. The first-order chi connectivity index (χ1) is 38.8. The van der Waals surface area contributed by atoms with Crippen LogP contribution in [-0.4, -0.2) is 87.5 Å². The van der Waals surface area contributed by atoms with E-state index in [9.17, 15) is 30.3 Å². The molecule has 1 aliphatic heterocycles. The second kappa shape index (κ2) is 60.1. The summed E-state index contributed by atoms with van der Waals surface area (Å²) in [4.78, 5) is 13.1. The van der Waals surface area contributed by atoms with Crippen molar-refractivity contribution in [1.82, 2.24) is 5.32 Å². The van der Waals surface area contributed by atoms with Gasteiger partial charge in [-0.2, -0.15) is 0 Å². The van der Waals surface area contributed by atoms with Crippen molar-refractivity contribution in [3.8, 4) is 0 Å². The molecule has 470 valence electrons. The quantitative estimate of drug-likeness (QED) is 0.0261. The molecule has 9 nitrogen and oxygen atoms in total. The Kier molecular flexibility index (Phi) is 57.7. The van der Waals surface area contributed by atoms with E-state index in [1.165, 1.54) is 315 Å². The Hall–Kier alpha value is -1.07. The number of unbranched alkanes of at least 4 members (excludes halogenated alkanes) is 53. The Morgan fingerprint density at radius 3 is 0.987 bits per heavy atom. The largest absolute Gasteiger partial charge is 0.394 e. The van der Waals surface area contributed by atoms with Crippen molar-refractivity contribution in [2.24, 2.45) is 0 Å². The monoisotopic (exact) mass is 1120 g/mol. The van der Waals surface area contributed by atoms with Crippen molar-refractivity contribution < 1.29 is 39.8 Å². The van der Waals surface area contributed by atoms with Crippen molar-refractivity contribution in [2.75, 3.05) is 13.2 Å². The van der Waals surface area contributed by atoms with Gasteiger partial charge in [0.1, 0.15) is 24.4 Å². The summed E-state index contributed by atoms with van der Waals surface area (Å²) in [6.45, 7) is 3.83. The van der Waals surface area contributed by atoms with Crippen LogP contribution in [0.25, 0.3) is 0 Å². The summed E-state index contributed by atoms with van der Waals surface area (Å²) in [5.74, 6) is -0.168. The minimum atomic E-state index is -1.56. The van der Waals surface area contributed by atoms with Crippen LogP contribution in [0, 0.1) is 0 Å². The summed E-state index contributed by atoms with van der Waals surface area (Å²) in [5.41, 5.74) is 0. The van der Waals surface area contributed by atoms with Crippen LogP contribution in [0.15, 0.2) is 12.2 Å². The molecular formula is C70H137NO8. The number of ether oxygens (including phenoxy) is 2. The average molecular weight is 1120 g/mol. The van der Waals surface area contributed by atoms with Crippen LogP contribution in [0.3, 0.4) is 0 Å². The van der Waals surface area contributed by atoms with Crippen LogP contribution in [0.2, 0.25) is 0 Å². The van der Waals surface area contributed by atoms with E-state index in [-0.39, 0.29) is 12.5 Å². The second-order valence-corrected chi connectivity index (χ2v) is 25.0. The van der Waals surface area contributed by atoms with Gasteiger partial charge in [-0.05, 0) is 19.3 Å². The van der Waals surface area contributed by atoms with Gasteiger partial charge in [0.25, 0.3) is 0 Å². The number of carbonyl (C=O) groups is 1. The van der Waals surface area contributed by atoms with E-state index in [2.05, 4.69) is 19.2 Å². The molecule has 1 fully saturated rings. The van der Waals surface area contributed by atoms with Crippen LogP contribution < -0.4 is 5.32 Å². The predicted molar refractivity (Wildman–Crippen MR) is 337 cm³/mol. The van der Waals surface area contributed by atoms with Gasteiger partial charge in [0.2, 0.25) is 5.91 Å². The highest BCUT2D eigenvalue weighted by Crippen LogP contribution is 2.24. The predicted octanol–water partition coefficient (Wildman–Crippen LogP) is 19.1. The highest BCUT2D eigenvalue weighted by Gasteiger charge is 2.44. The van der Waals surface area contributed by atoms with Crippen LogP contribution in [-0.2, 0) is 14.3 Å². The summed E-state index contributed by atoms with van der Waals surface area (Å²) in [7, 11) is 0. The summed E-state index contributed by atoms with van der Waals surface area (Å²) < 4.78 is 11.3. The van der Waals surface area contributed by atoms with Gasteiger partial charge in [0.05, 0.1) is 25.4 Å². The molecule has 7 unspecified atom stereocenters. The fourth-order valence-corrected chi connectivity index (χ4v) is 11.8. The maximum Gasteiger partial charge on any atom is 0.220 e. The lowest BCUT2D eigenvalue weighted by molar-refractivity contribution is -0.302. The van der Waals surface area contributed by atoms with Crippen molar-refractivity contribution in [3.63, 3.8) is 0 Å². The van der Waals surface area contributed by atoms with Crippen LogP contribution >= 0.6 is 0 Å². The van der Waals surface area contributed by atoms with Crippen LogP contribution in [0.4, 0.5) is 0 Å². The van der Waals surface area contributed by atoms with Crippen molar-refractivity contribution in [3.05, 3.63) is 12.2 Å². The SMILES string of the molecule is CCCCCCCCCCCCCCCCC/C=C/C(O)C(COC1OC(CO)C(O)C(O)C1O)NC(=O)CCCCCCCCCCCCCCCCCCCCCCCCCCCCCCCCCCCCCCCCC. The summed E-state index contributed by atoms with van der Waals surface area (Å²) in [5, 5.41) is 54.6. The van der Waals surface area contributed by atoms with E-state index in [1.807, 2.05) is 6.08 Å². The molecule has 0 aromatic carbocycles. The number of amides is 1. The Bertz CT molecular complexity index is 1250. The number of aliphatic hydroxyl groups is 5. The topological polar surface area (TPSA) is 149 Å². The fraction of sp³-hybridized carbons (Fsp3) is 0.957. The molecule has 0 aromatic rings. The van der Waals surface area contributed by atoms with E-state index in [4.69, 9.17) is 9.47 Å². The Balaban J connectivity index is 2.02. The summed E-state index contributed by atoms with van der Waals surface area (Å²) in [6, 6.07) is -0.801. The number of carbonyl (C=O) groups excluding carboxylic acids is 1. The Morgan fingerprint density at radius 2 is 0.696 bits per heavy atom. The molecule has 1 saturated heterocycles.